The first-order chi connectivity index (χ1) is 9.67. The Morgan fingerprint density at radius 3 is 2.40 bits per heavy atom. The largest absolute Gasteiger partial charge is 0.385 e. The number of nitro groups is 1. The number of hydrazine groups is 1. The van der Waals surface area contributed by atoms with E-state index in [1.54, 1.807) is 6.07 Å². The molecule has 0 aliphatic heterocycles. The normalized spacial score (nSPS) is 10.3. The van der Waals surface area contributed by atoms with Gasteiger partial charge in [0.2, 0.25) is 0 Å². The molecule has 0 unspecified atom stereocenters. The highest BCUT2D eigenvalue weighted by atomic mass is 16.6. The molecule has 1 aromatic rings. The van der Waals surface area contributed by atoms with Gasteiger partial charge >= 0.3 is 0 Å². The molecule has 0 radical (unpaired) electrons. The van der Waals surface area contributed by atoms with Gasteiger partial charge in [-0.3, -0.25) is 16.0 Å². The predicted octanol–water partition coefficient (Wildman–Crippen LogP) is 3.65. The quantitative estimate of drug-likeness (QED) is 0.263. The molecule has 0 saturated heterocycles. The number of unbranched alkanes of at least 4 members (excludes halogenated alkanes) is 5. The summed E-state index contributed by atoms with van der Waals surface area (Å²) in [6, 6.07) is 4.71. The summed E-state index contributed by atoms with van der Waals surface area (Å²) in [6.07, 6.45) is 7.33. The van der Waals surface area contributed by atoms with E-state index in [1.807, 2.05) is 0 Å². The number of anilines is 2. The number of hydrogen-bond acceptors (Lipinski definition) is 5. The van der Waals surface area contributed by atoms with Crippen LogP contribution in [0, 0.1) is 10.1 Å². The molecule has 0 aromatic heterocycles. The van der Waals surface area contributed by atoms with E-state index < -0.39 is 4.92 Å². The summed E-state index contributed by atoms with van der Waals surface area (Å²) in [5, 5.41) is 14.0. The lowest BCUT2D eigenvalue weighted by molar-refractivity contribution is -0.384. The van der Waals surface area contributed by atoms with Gasteiger partial charge in [-0.2, -0.15) is 0 Å². The van der Waals surface area contributed by atoms with Crippen molar-refractivity contribution in [2.75, 3.05) is 17.3 Å². The van der Waals surface area contributed by atoms with Crippen molar-refractivity contribution in [2.45, 2.75) is 45.4 Å². The van der Waals surface area contributed by atoms with Gasteiger partial charge in [-0.05, 0) is 12.5 Å². The first kappa shape index (κ1) is 16.2. The Balaban J connectivity index is 2.39. The molecule has 0 aliphatic rings. The standard InChI is InChI=1S/C14H24N4O2/c1-2-3-4-5-6-7-8-16-12-9-13(17-15)11-14(10-12)18(19)20/h9-11,16-17H,2-8,15H2,1H3. The summed E-state index contributed by atoms with van der Waals surface area (Å²) in [5.41, 5.74) is 3.73. The van der Waals surface area contributed by atoms with Crippen molar-refractivity contribution >= 4 is 17.1 Å². The number of rotatable bonds is 10. The fraction of sp³-hybridized carbons (Fsp3) is 0.571. The van der Waals surface area contributed by atoms with E-state index in [0.29, 0.717) is 5.69 Å². The van der Waals surface area contributed by atoms with Gasteiger partial charge in [0.15, 0.2) is 0 Å². The fourth-order valence-electron chi connectivity index (χ4n) is 2.04. The van der Waals surface area contributed by atoms with Crippen molar-refractivity contribution < 1.29 is 4.92 Å². The van der Waals surface area contributed by atoms with Crippen LogP contribution in [-0.2, 0) is 0 Å². The van der Waals surface area contributed by atoms with Gasteiger partial charge in [0.05, 0.1) is 10.6 Å². The molecule has 0 atom stereocenters. The number of hydrogen-bond donors (Lipinski definition) is 3. The van der Waals surface area contributed by atoms with Crippen LogP contribution in [0.4, 0.5) is 17.1 Å². The number of nitrogens with one attached hydrogen (secondary N) is 2. The number of non-ortho nitro benzene ring substituents is 1. The van der Waals surface area contributed by atoms with E-state index in [0.717, 1.165) is 18.7 Å². The second kappa shape index (κ2) is 9.14. The van der Waals surface area contributed by atoms with Crippen LogP contribution >= 0.6 is 0 Å². The number of nitrogens with two attached hydrogens (primary N) is 1. The van der Waals surface area contributed by atoms with Gasteiger partial charge in [0.1, 0.15) is 0 Å². The van der Waals surface area contributed by atoms with Crippen LogP contribution in [0.5, 0.6) is 0 Å². The Bertz CT molecular complexity index is 424. The zero-order valence-electron chi connectivity index (χ0n) is 12.0. The minimum absolute atomic E-state index is 0.0332. The third kappa shape index (κ3) is 5.88. The maximum atomic E-state index is 10.8. The van der Waals surface area contributed by atoms with Gasteiger partial charge in [-0.15, -0.1) is 0 Å². The topological polar surface area (TPSA) is 93.2 Å². The highest BCUT2D eigenvalue weighted by molar-refractivity contribution is 5.63. The minimum atomic E-state index is -0.420. The van der Waals surface area contributed by atoms with Crippen molar-refractivity contribution in [3.63, 3.8) is 0 Å². The number of nitrogen functional groups attached to an aromatic ring is 1. The van der Waals surface area contributed by atoms with E-state index in [-0.39, 0.29) is 5.69 Å². The molecule has 0 spiro atoms. The third-order valence-electron chi connectivity index (χ3n) is 3.15. The Morgan fingerprint density at radius 2 is 1.75 bits per heavy atom. The average Bonchev–Trinajstić information content (AvgIpc) is 2.46. The van der Waals surface area contributed by atoms with Crippen molar-refractivity contribution in [3.8, 4) is 0 Å². The Hall–Kier alpha value is -1.82. The molecule has 1 aromatic carbocycles. The number of nitrogens with zero attached hydrogens (tertiary/aromatic N) is 1. The summed E-state index contributed by atoms with van der Waals surface area (Å²) in [5.74, 6) is 5.31. The van der Waals surface area contributed by atoms with Crippen molar-refractivity contribution in [1.29, 1.82) is 0 Å². The molecule has 0 fully saturated rings. The molecule has 1 rings (SSSR count). The third-order valence-corrected chi connectivity index (χ3v) is 3.15. The molecule has 112 valence electrons. The zero-order chi connectivity index (χ0) is 14.8. The molecule has 0 heterocycles. The number of benzene rings is 1. The van der Waals surface area contributed by atoms with E-state index in [9.17, 15) is 10.1 Å². The predicted molar refractivity (Wildman–Crippen MR) is 82.8 cm³/mol. The lowest BCUT2D eigenvalue weighted by Gasteiger charge is -2.08. The summed E-state index contributed by atoms with van der Waals surface area (Å²) in [6.45, 7) is 3.02. The fourth-order valence-corrected chi connectivity index (χ4v) is 2.04. The summed E-state index contributed by atoms with van der Waals surface area (Å²) in [7, 11) is 0. The second-order valence-corrected chi connectivity index (χ2v) is 4.86. The minimum Gasteiger partial charge on any atom is -0.385 e. The maximum Gasteiger partial charge on any atom is 0.273 e. The van der Waals surface area contributed by atoms with E-state index >= 15 is 0 Å². The van der Waals surface area contributed by atoms with Gasteiger partial charge < -0.3 is 10.7 Å². The highest BCUT2D eigenvalue weighted by Gasteiger charge is 2.08. The molecule has 6 heteroatoms. The van der Waals surface area contributed by atoms with Gasteiger partial charge in [-0.1, -0.05) is 39.0 Å². The maximum absolute atomic E-state index is 10.8. The molecular formula is C14H24N4O2. The first-order valence-electron chi connectivity index (χ1n) is 7.17. The van der Waals surface area contributed by atoms with Crippen LogP contribution in [0.1, 0.15) is 45.4 Å². The first-order valence-corrected chi connectivity index (χ1v) is 7.17. The molecule has 0 bridgehead atoms. The molecule has 0 amide bonds. The smallest absolute Gasteiger partial charge is 0.273 e. The van der Waals surface area contributed by atoms with E-state index in [4.69, 9.17) is 5.84 Å². The van der Waals surface area contributed by atoms with Crippen LogP contribution in [0.3, 0.4) is 0 Å². The SMILES string of the molecule is CCCCCCCCNc1cc(NN)cc([N+](=O)[O-])c1. The van der Waals surface area contributed by atoms with Crippen molar-refractivity contribution in [2.24, 2.45) is 5.84 Å². The van der Waals surface area contributed by atoms with Crippen LogP contribution in [0.2, 0.25) is 0 Å². The molecule has 6 nitrogen and oxygen atoms in total. The Kier molecular flexibility index (Phi) is 7.42. The van der Waals surface area contributed by atoms with Crippen LogP contribution in [0.15, 0.2) is 18.2 Å². The number of nitro benzene ring substituents is 1. The molecule has 20 heavy (non-hydrogen) atoms. The van der Waals surface area contributed by atoms with Crippen molar-refractivity contribution in [1.82, 2.24) is 0 Å². The lowest BCUT2D eigenvalue weighted by atomic mass is 10.1. The molecule has 0 aliphatic carbocycles. The van der Waals surface area contributed by atoms with Gasteiger partial charge in [-0.25, -0.2) is 0 Å². The summed E-state index contributed by atoms with van der Waals surface area (Å²) < 4.78 is 0. The Morgan fingerprint density at radius 1 is 1.10 bits per heavy atom. The highest BCUT2D eigenvalue weighted by Crippen LogP contribution is 2.23. The molecule has 0 saturated carbocycles. The van der Waals surface area contributed by atoms with E-state index in [1.165, 1.54) is 44.2 Å². The van der Waals surface area contributed by atoms with Gasteiger partial charge in [0.25, 0.3) is 5.69 Å². The molecule has 4 N–H and O–H groups in total. The van der Waals surface area contributed by atoms with Gasteiger partial charge in [0, 0.05) is 24.4 Å². The monoisotopic (exact) mass is 280 g/mol. The zero-order valence-corrected chi connectivity index (χ0v) is 12.0. The van der Waals surface area contributed by atoms with Crippen LogP contribution < -0.4 is 16.6 Å². The van der Waals surface area contributed by atoms with E-state index in [2.05, 4.69) is 17.7 Å². The van der Waals surface area contributed by atoms with Crippen LogP contribution in [-0.4, -0.2) is 11.5 Å². The van der Waals surface area contributed by atoms with Crippen molar-refractivity contribution in [3.05, 3.63) is 28.3 Å². The summed E-state index contributed by atoms with van der Waals surface area (Å²) in [4.78, 5) is 10.4. The lowest BCUT2D eigenvalue weighted by Crippen LogP contribution is -2.08. The van der Waals surface area contributed by atoms with Crippen LogP contribution in [0.25, 0.3) is 0 Å². The Labute approximate surface area is 119 Å². The molecular weight excluding hydrogens is 256 g/mol. The average molecular weight is 280 g/mol. The second-order valence-electron chi connectivity index (χ2n) is 4.86. The summed E-state index contributed by atoms with van der Waals surface area (Å²) >= 11 is 0.